The molecule has 0 radical (unpaired) electrons. The minimum atomic E-state index is 0.198. The normalized spacial score (nSPS) is 12.5. The van der Waals surface area contributed by atoms with Crippen LogP contribution in [0.3, 0.4) is 0 Å². The van der Waals surface area contributed by atoms with Gasteiger partial charge in [-0.2, -0.15) is 0 Å². The molecule has 0 aliphatic carbocycles. The maximum Gasteiger partial charge on any atom is 0.124 e. The number of alkyl halides is 1. The average molecular weight is 469 g/mol. The molecule has 5 heteroatoms. The predicted octanol–water partition coefficient (Wildman–Crippen LogP) is 6.38. The molecule has 0 fully saturated rings. The SMILES string of the molecule is COc1c(C)cc(C(Br)c2cc(Br)c(Br)s2)cc1C. The molecule has 0 aliphatic heterocycles. The molecule has 0 saturated carbocycles. The van der Waals surface area contributed by atoms with Crippen LogP contribution in [-0.2, 0) is 0 Å². The van der Waals surface area contributed by atoms with Crippen molar-refractivity contribution in [3.05, 3.63) is 48.0 Å². The maximum atomic E-state index is 5.41. The lowest BCUT2D eigenvalue weighted by Crippen LogP contribution is -1.96. The van der Waals surface area contributed by atoms with Gasteiger partial charge in [-0.15, -0.1) is 11.3 Å². The zero-order valence-electron chi connectivity index (χ0n) is 10.8. The van der Waals surface area contributed by atoms with Crippen LogP contribution in [0.4, 0.5) is 0 Å². The van der Waals surface area contributed by atoms with Crippen LogP contribution in [0, 0.1) is 13.8 Å². The van der Waals surface area contributed by atoms with Crippen molar-refractivity contribution < 1.29 is 4.74 Å². The van der Waals surface area contributed by atoms with Gasteiger partial charge in [-0.3, -0.25) is 0 Å². The number of rotatable bonds is 3. The van der Waals surface area contributed by atoms with Crippen LogP contribution in [0.1, 0.15) is 26.4 Å². The molecule has 0 aliphatic rings. The molecular weight excluding hydrogens is 456 g/mol. The highest BCUT2D eigenvalue weighted by Crippen LogP contribution is 2.42. The lowest BCUT2D eigenvalue weighted by atomic mass is 10.0. The third kappa shape index (κ3) is 3.26. The molecule has 0 saturated heterocycles. The lowest BCUT2D eigenvalue weighted by Gasteiger charge is -2.14. The van der Waals surface area contributed by atoms with Crippen molar-refractivity contribution in [2.75, 3.05) is 7.11 Å². The summed E-state index contributed by atoms with van der Waals surface area (Å²) < 4.78 is 7.63. The first kappa shape index (κ1) is 15.5. The second kappa shape index (κ2) is 6.29. The van der Waals surface area contributed by atoms with Crippen LogP contribution in [0.5, 0.6) is 5.75 Å². The summed E-state index contributed by atoms with van der Waals surface area (Å²) in [6, 6.07) is 6.49. The van der Waals surface area contributed by atoms with Gasteiger partial charge in [-0.1, -0.05) is 28.1 Å². The fourth-order valence-corrected chi connectivity index (χ4v) is 4.88. The average Bonchev–Trinajstić information content (AvgIpc) is 2.68. The van der Waals surface area contributed by atoms with E-state index in [0.717, 1.165) is 25.1 Å². The monoisotopic (exact) mass is 466 g/mol. The first-order chi connectivity index (χ1) is 8.93. The highest BCUT2D eigenvalue weighted by atomic mass is 79.9. The second-order valence-corrected chi connectivity index (χ2v) is 8.49. The molecule has 1 aromatic carbocycles. The quantitative estimate of drug-likeness (QED) is 0.475. The molecule has 0 bridgehead atoms. The van der Waals surface area contributed by atoms with E-state index in [1.165, 1.54) is 10.4 Å². The number of methoxy groups -OCH3 is 1. The molecule has 1 aromatic heterocycles. The van der Waals surface area contributed by atoms with Crippen molar-refractivity contribution in [2.45, 2.75) is 18.7 Å². The van der Waals surface area contributed by atoms with E-state index in [1.807, 2.05) is 0 Å². The van der Waals surface area contributed by atoms with Crippen molar-refractivity contribution in [3.63, 3.8) is 0 Å². The van der Waals surface area contributed by atoms with Crippen molar-refractivity contribution in [2.24, 2.45) is 0 Å². The Bertz CT molecular complexity index is 564. The Hall–Kier alpha value is 0.160. The topological polar surface area (TPSA) is 9.23 Å². The molecule has 1 heterocycles. The summed E-state index contributed by atoms with van der Waals surface area (Å²) >= 11 is 12.6. The molecule has 1 unspecified atom stereocenters. The van der Waals surface area contributed by atoms with Gasteiger partial charge in [0.1, 0.15) is 5.75 Å². The second-order valence-electron chi connectivity index (χ2n) is 4.32. The number of hydrogen-bond donors (Lipinski definition) is 0. The van der Waals surface area contributed by atoms with E-state index in [0.29, 0.717) is 0 Å². The highest BCUT2D eigenvalue weighted by Gasteiger charge is 2.17. The molecule has 102 valence electrons. The third-order valence-corrected chi connectivity index (χ3v) is 7.54. The predicted molar refractivity (Wildman–Crippen MR) is 93.0 cm³/mol. The first-order valence-electron chi connectivity index (χ1n) is 5.68. The summed E-state index contributed by atoms with van der Waals surface area (Å²) in [6.07, 6.45) is 0. The fourth-order valence-electron chi connectivity index (χ4n) is 2.10. The van der Waals surface area contributed by atoms with Crippen molar-refractivity contribution in [1.29, 1.82) is 0 Å². The Labute approximate surface area is 142 Å². The van der Waals surface area contributed by atoms with E-state index in [-0.39, 0.29) is 4.83 Å². The number of hydrogen-bond acceptors (Lipinski definition) is 2. The largest absolute Gasteiger partial charge is 0.496 e. The van der Waals surface area contributed by atoms with Gasteiger partial charge in [0.05, 0.1) is 15.7 Å². The van der Waals surface area contributed by atoms with Crippen LogP contribution in [0.15, 0.2) is 26.5 Å². The third-order valence-electron chi connectivity index (χ3n) is 2.89. The summed E-state index contributed by atoms with van der Waals surface area (Å²) in [7, 11) is 1.72. The van der Waals surface area contributed by atoms with E-state index in [2.05, 4.69) is 79.8 Å². The molecule has 1 nitrogen and oxygen atoms in total. The molecular formula is C14H13Br3OS. The standard InChI is InChI=1S/C14H13Br3OS/c1-7-4-9(5-8(2)13(7)18-3)12(16)11-6-10(15)14(17)19-11/h4-6,12H,1-3H3. The number of thiophene rings is 1. The summed E-state index contributed by atoms with van der Waals surface area (Å²) in [5.41, 5.74) is 3.57. The van der Waals surface area contributed by atoms with E-state index in [4.69, 9.17) is 4.74 Å². The maximum absolute atomic E-state index is 5.41. The van der Waals surface area contributed by atoms with Gasteiger partial charge in [0.2, 0.25) is 0 Å². The van der Waals surface area contributed by atoms with E-state index >= 15 is 0 Å². The van der Waals surface area contributed by atoms with Gasteiger partial charge in [-0.25, -0.2) is 0 Å². The molecule has 2 rings (SSSR count). The Morgan fingerprint density at radius 3 is 2.11 bits per heavy atom. The van der Waals surface area contributed by atoms with E-state index < -0.39 is 0 Å². The van der Waals surface area contributed by atoms with Crippen molar-refractivity contribution in [3.8, 4) is 5.75 Å². The molecule has 0 spiro atoms. The zero-order chi connectivity index (χ0) is 14.2. The molecule has 0 amide bonds. The van der Waals surface area contributed by atoms with E-state index in [9.17, 15) is 0 Å². The Morgan fingerprint density at radius 1 is 1.11 bits per heavy atom. The van der Waals surface area contributed by atoms with Crippen LogP contribution >= 0.6 is 59.1 Å². The fraction of sp³-hybridized carbons (Fsp3) is 0.286. The number of halogens is 3. The lowest BCUT2D eigenvalue weighted by molar-refractivity contribution is 0.408. The van der Waals surface area contributed by atoms with Crippen LogP contribution < -0.4 is 4.74 Å². The number of benzene rings is 1. The van der Waals surface area contributed by atoms with Crippen LogP contribution in [0.2, 0.25) is 0 Å². The summed E-state index contributed by atoms with van der Waals surface area (Å²) in [5.74, 6) is 0.969. The van der Waals surface area contributed by atoms with Gasteiger partial charge in [0.15, 0.2) is 0 Å². The summed E-state index contributed by atoms with van der Waals surface area (Å²) in [4.78, 5) is 1.46. The van der Waals surface area contributed by atoms with Crippen LogP contribution in [0.25, 0.3) is 0 Å². The van der Waals surface area contributed by atoms with Gasteiger partial charge >= 0.3 is 0 Å². The molecule has 2 aromatic rings. The summed E-state index contributed by atoms with van der Waals surface area (Å²) in [5, 5.41) is 0. The van der Waals surface area contributed by atoms with Crippen molar-refractivity contribution in [1.82, 2.24) is 0 Å². The van der Waals surface area contributed by atoms with Crippen LogP contribution in [-0.4, -0.2) is 7.11 Å². The van der Waals surface area contributed by atoms with Gasteiger partial charge < -0.3 is 4.74 Å². The molecule has 19 heavy (non-hydrogen) atoms. The minimum absolute atomic E-state index is 0.198. The molecule has 1 atom stereocenters. The van der Waals surface area contributed by atoms with Gasteiger partial charge in [-0.05, 0) is 68.5 Å². The van der Waals surface area contributed by atoms with Gasteiger partial charge in [0.25, 0.3) is 0 Å². The Morgan fingerprint density at radius 2 is 1.68 bits per heavy atom. The minimum Gasteiger partial charge on any atom is -0.496 e. The molecule has 0 N–H and O–H groups in total. The zero-order valence-corrected chi connectivity index (χ0v) is 16.3. The first-order valence-corrected chi connectivity index (χ1v) is 8.99. The number of ether oxygens (including phenoxy) is 1. The Balaban J connectivity index is 2.41. The highest BCUT2D eigenvalue weighted by molar-refractivity contribution is 9.13. The summed E-state index contributed by atoms with van der Waals surface area (Å²) in [6.45, 7) is 4.16. The van der Waals surface area contributed by atoms with Crippen molar-refractivity contribution >= 4 is 59.1 Å². The smallest absolute Gasteiger partial charge is 0.124 e. The van der Waals surface area contributed by atoms with E-state index in [1.54, 1.807) is 18.4 Å². The number of aryl methyl sites for hydroxylation is 2. The Kier molecular flexibility index (Phi) is 5.15. The van der Waals surface area contributed by atoms with Gasteiger partial charge in [0, 0.05) is 9.35 Å².